The standard InChI is InChI=1S/C14H21NO5S2/c1-9-5-4-6-15(9,14(19)20)13(18)12(7-21-10(2)16)8-22-11(3)17/h9,12H,4-8H2,1-3H3/p+1/t9-,15?/m1/s1. The van der Waals surface area contributed by atoms with E-state index in [9.17, 15) is 24.3 Å². The molecule has 2 atom stereocenters. The molecule has 0 spiro atoms. The first-order chi connectivity index (χ1) is 10.2. The van der Waals surface area contributed by atoms with Gasteiger partial charge < -0.3 is 5.11 Å². The second kappa shape index (κ2) is 8.12. The first kappa shape index (κ1) is 19.2. The van der Waals surface area contributed by atoms with Crippen molar-refractivity contribution in [2.24, 2.45) is 5.92 Å². The lowest BCUT2D eigenvalue weighted by atomic mass is 10.1. The Balaban J connectivity index is 2.99. The van der Waals surface area contributed by atoms with Gasteiger partial charge in [0.2, 0.25) is 0 Å². The number of imide groups is 1. The highest BCUT2D eigenvalue weighted by Crippen LogP contribution is 2.32. The average Bonchev–Trinajstić information content (AvgIpc) is 2.80. The molecular formula is C14H22NO5S2+. The van der Waals surface area contributed by atoms with E-state index in [-0.39, 0.29) is 40.2 Å². The van der Waals surface area contributed by atoms with Crippen LogP contribution in [0.2, 0.25) is 0 Å². The summed E-state index contributed by atoms with van der Waals surface area (Å²) in [4.78, 5) is 47.0. The quantitative estimate of drug-likeness (QED) is 0.763. The monoisotopic (exact) mass is 348 g/mol. The Morgan fingerprint density at radius 1 is 1.14 bits per heavy atom. The van der Waals surface area contributed by atoms with Crippen molar-refractivity contribution in [3.8, 4) is 0 Å². The molecule has 1 fully saturated rings. The Hall–Kier alpha value is -0.860. The van der Waals surface area contributed by atoms with Crippen molar-refractivity contribution in [3.05, 3.63) is 0 Å². The molecule has 0 aromatic rings. The molecule has 1 rings (SSSR count). The largest absolute Gasteiger partial charge is 0.521 e. The van der Waals surface area contributed by atoms with Crippen LogP contribution in [0.4, 0.5) is 4.79 Å². The maximum absolute atomic E-state index is 12.9. The van der Waals surface area contributed by atoms with Crippen LogP contribution in [0.25, 0.3) is 0 Å². The molecule has 0 aromatic heterocycles. The van der Waals surface area contributed by atoms with Crippen molar-refractivity contribution in [3.63, 3.8) is 0 Å². The van der Waals surface area contributed by atoms with Crippen LogP contribution >= 0.6 is 23.5 Å². The van der Waals surface area contributed by atoms with Crippen LogP contribution in [0, 0.1) is 5.92 Å². The zero-order valence-electron chi connectivity index (χ0n) is 13.0. The molecule has 124 valence electrons. The van der Waals surface area contributed by atoms with Gasteiger partial charge in [0, 0.05) is 38.2 Å². The lowest BCUT2D eigenvalue weighted by Crippen LogP contribution is -2.61. The summed E-state index contributed by atoms with van der Waals surface area (Å²) in [7, 11) is 0. The van der Waals surface area contributed by atoms with Crippen molar-refractivity contribution in [1.82, 2.24) is 0 Å². The summed E-state index contributed by atoms with van der Waals surface area (Å²) in [5, 5.41) is 9.37. The fourth-order valence-corrected chi connectivity index (χ4v) is 4.28. The third-order valence-electron chi connectivity index (χ3n) is 3.94. The van der Waals surface area contributed by atoms with Crippen molar-refractivity contribution < 1.29 is 28.8 Å². The Morgan fingerprint density at radius 3 is 1.95 bits per heavy atom. The van der Waals surface area contributed by atoms with E-state index in [0.29, 0.717) is 12.8 Å². The number of nitrogens with zero attached hydrogens (tertiary/aromatic N) is 1. The lowest BCUT2D eigenvalue weighted by molar-refractivity contribution is -0.793. The molecule has 0 aromatic carbocycles. The lowest BCUT2D eigenvalue weighted by Gasteiger charge is -2.32. The van der Waals surface area contributed by atoms with E-state index in [4.69, 9.17) is 0 Å². The number of carboxylic acid groups (broad SMARTS) is 1. The molecule has 1 aliphatic heterocycles. The molecule has 0 radical (unpaired) electrons. The summed E-state index contributed by atoms with van der Waals surface area (Å²) >= 11 is 2.01. The van der Waals surface area contributed by atoms with E-state index >= 15 is 0 Å². The number of amides is 2. The second-order valence-electron chi connectivity index (χ2n) is 5.51. The van der Waals surface area contributed by atoms with Crippen LogP contribution in [-0.4, -0.2) is 55.9 Å². The summed E-state index contributed by atoms with van der Waals surface area (Å²) in [6, 6.07) is -0.280. The van der Waals surface area contributed by atoms with Gasteiger partial charge in [-0.15, -0.1) is 0 Å². The third kappa shape index (κ3) is 4.33. The SMILES string of the molecule is CC(=O)SCC(CSC(C)=O)C(=O)[N+]1(C(=O)O)CCC[C@H]1C. The predicted molar refractivity (Wildman–Crippen MR) is 86.6 cm³/mol. The summed E-state index contributed by atoms with van der Waals surface area (Å²) < 4.78 is -0.582. The highest BCUT2D eigenvalue weighted by molar-refractivity contribution is 8.14. The number of rotatable bonds is 5. The number of hydrogen-bond acceptors (Lipinski definition) is 6. The van der Waals surface area contributed by atoms with Gasteiger partial charge in [-0.05, 0) is 6.92 Å². The summed E-state index contributed by atoms with van der Waals surface area (Å²) in [6.45, 7) is 4.86. The Labute approximate surface area is 138 Å². The minimum atomic E-state index is -1.14. The Kier molecular flexibility index (Phi) is 7.08. The molecule has 6 nitrogen and oxygen atoms in total. The minimum Gasteiger partial charge on any atom is -0.435 e. The number of quaternary nitrogens is 1. The molecule has 2 amide bonds. The molecule has 1 N–H and O–H groups in total. The van der Waals surface area contributed by atoms with Crippen molar-refractivity contribution in [1.29, 1.82) is 0 Å². The molecule has 0 bridgehead atoms. The third-order valence-corrected chi connectivity index (χ3v) is 5.90. The molecule has 1 unspecified atom stereocenters. The molecule has 1 aliphatic rings. The van der Waals surface area contributed by atoms with Gasteiger partial charge in [-0.1, -0.05) is 23.5 Å². The fraction of sp³-hybridized carbons (Fsp3) is 0.714. The van der Waals surface area contributed by atoms with Crippen LogP contribution in [-0.2, 0) is 14.4 Å². The smallest absolute Gasteiger partial charge is 0.435 e. The van der Waals surface area contributed by atoms with Crippen LogP contribution in [0.15, 0.2) is 0 Å². The van der Waals surface area contributed by atoms with Gasteiger partial charge in [-0.25, -0.2) is 4.79 Å². The first-order valence-electron chi connectivity index (χ1n) is 7.14. The van der Waals surface area contributed by atoms with Crippen LogP contribution in [0.3, 0.4) is 0 Å². The van der Waals surface area contributed by atoms with Crippen LogP contribution < -0.4 is 0 Å². The maximum Gasteiger partial charge on any atom is 0.521 e. The molecular weight excluding hydrogens is 326 g/mol. The van der Waals surface area contributed by atoms with Gasteiger partial charge in [0.1, 0.15) is 6.04 Å². The zero-order chi connectivity index (χ0) is 16.9. The Morgan fingerprint density at radius 2 is 1.64 bits per heavy atom. The molecule has 0 aliphatic carbocycles. The Bertz CT molecular complexity index is 464. The zero-order valence-corrected chi connectivity index (χ0v) is 14.7. The second-order valence-corrected chi connectivity index (χ2v) is 7.90. The average molecular weight is 348 g/mol. The number of likely N-dealkylation sites (tertiary alicyclic amines) is 1. The van der Waals surface area contributed by atoms with E-state index in [0.717, 1.165) is 23.5 Å². The van der Waals surface area contributed by atoms with E-state index in [1.807, 2.05) is 0 Å². The van der Waals surface area contributed by atoms with Crippen LogP contribution in [0.1, 0.15) is 33.6 Å². The van der Waals surface area contributed by atoms with E-state index in [1.165, 1.54) is 13.8 Å². The molecule has 0 saturated carbocycles. The summed E-state index contributed by atoms with van der Waals surface area (Å²) in [5.74, 6) is -0.581. The number of hydrogen-bond donors (Lipinski definition) is 1. The highest BCUT2D eigenvalue weighted by Gasteiger charge is 2.54. The fourth-order valence-electron chi connectivity index (χ4n) is 2.74. The summed E-state index contributed by atoms with van der Waals surface area (Å²) in [5.41, 5.74) is 0. The number of carbonyl (C=O) groups is 4. The summed E-state index contributed by atoms with van der Waals surface area (Å²) in [6.07, 6.45) is 0.233. The van der Waals surface area contributed by atoms with Gasteiger partial charge in [-0.2, -0.15) is 9.28 Å². The van der Waals surface area contributed by atoms with Crippen molar-refractivity contribution in [2.75, 3.05) is 18.1 Å². The van der Waals surface area contributed by atoms with E-state index in [2.05, 4.69) is 0 Å². The van der Waals surface area contributed by atoms with Gasteiger partial charge in [-0.3, -0.25) is 9.59 Å². The maximum atomic E-state index is 12.9. The van der Waals surface area contributed by atoms with Gasteiger partial charge in [0.05, 0.1) is 12.5 Å². The normalized spacial score (nSPS) is 24.5. The van der Waals surface area contributed by atoms with Gasteiger partial charge >= 0.3 is 12.0 Å². The number of carbonyl (C=O) groups excluding carboxylic acids is 3. The molecule has 1 saturated heterocycles. The van der Waals surface area contributed by atoms with Gasteiger partial charge in [0.25, 0.3) is 0 Å². The number of thioether (sulfide) groups is 2. The first-order valence-corrected chi connectivity index (χ1v) is 9.11. The minimum absolute atomic E-state index is 0.123. The molecule has 22 heavy (non-hydrogen) atoms. The molecule has 1 heterocycles. The van der Waals surface area contributed by atoms with Crippen LogP contribution in [0.5, 0.6) is 0 Å². The van der Waals surface area contributed by atoms with E-state index in [1.54, 1.807) is 6.92 Å². The van der Waals surface area contributed by atoms with Crippen molar-refractivity contribution in [2.45, 2.75) is 39.7 Å². The van der Waals surface area contributed by atoms with E-state index < -0.39 is 16.5 Å². The van der Waals surface area contributed by atoms with Crippen molar-refractivity contribution >= 4 is 45.8 Å². The van der Waals surface area contributed by atoms with Gasteiger partial charge in [0.15, 0.2) is 10.2 Å². The highest BCUT2D eigenvalue weighted by atomic mass is 32.2. The predicted octanol–water partition coefficient (Wildman–Crippen LogP) is 2.37. The topological polar surface area (TPSA) is 88.5 Å². The molecule has 8 heteroatoms.